The third-order valence-electron chi connectivity index (χ3n) is 5.58. The van der Waals surface area contributed by atoms with Gasteiger partial charge in [-0.1, -0.05) is 48.5 Å². The largest absolute Gasteiger partial charge is 0.336 e. The standard InChI is InChI=1S/C28H25BrN4O3/c1-18(32-28(36)25-8-4-6-20-5-2-3-7-24(20)25)31-26(34)14-11-19-9-12-23(13-10-19)33-27(35)21-15-22(29)17-30-16-21/h2-10,12-13,15-18H,11,14H2,1H3,(H,31,34)(H,32,36)(H,33,35). The molecule has 3 aromatic carbocycles. The van der Waals surface area contributed by atoms with Gasteiger partial charge in [0.25, 0.3) is 11.8 Å². The Morgan fingerprint density at radius 3 is 2.42 bits per heavy atom. The summed E-state index contributed by atoms with van der Waals surface area (Å²) in [6.45, 7) is 1.74. The van der Waals surface area contributed by atoms with E-state index in [-0.39, 0.29) is 24.1 Å². The van der Waals surface area contributed by atoms with Gasteiger partial charge in [-0.25, -0.2) is 0 Å². The van der Waals surface area contributed by atoms with E-state index in [1.165, 1.54) is 6.20 Å². The average molecular weight is 545 g/mol. The number of amides is 3. The number of aryl methyl sites for hydroxylation is 1. The van der Waals surface area contributed by atoms with Gasteiger partial charge >= 0.3 is 0 Å². The molecule has 0 radical (unpaired) electrons. The Balaban J connectivity index is 1.25. The summed E-state index contributed by atoms with van der Waals surface area (Å²) in [7, 11) is 0. The fourth-order valence-electron chi connectivity index (χ4n) is 3.80. The summed E-state index contributed by atoms with van der Waals surface area (Å²) in [6.07, 6.45) is 3.39. The van der Waals surface area contributed by atoms with Gasteiger partial charge in [0.15, 0.2) is 0 Å². The molecule has 36 heavy (non-hydrogen) atoms. The monoisotopic (exact) mass is 544 g/mol. The van der Waals surface area contributed by atoms with Crippen LogP contribution in [0.5, 0.6) is 0 Å². The number of carbonyl (C=O) groups excluding carboxylic acids is 3. The van der Waals surface area contributed by atoms with Crippen molar-refractivity contribution in [2.45, 2.75) is 25.9 Å². The first-order chi connectivity index (χ1) is 17.4. The molecule has 1 atom stereocenters. The molecule has 0 saturated carbocycles. The zero-order valence-corrected chi connectivity index (χ0v) is 21.2. The van der Waals surface area contributed by atoms with Crippen LogP contribution in [-0.4, -0.2) is 28.9 Å². The van der Waals surface area contributed by atoms with Crippen LogP contribution in [0.1, 0.15) is 39.6 Å². The zero-order chi connectivity index (χ0) is 25.5. The van der Waals surface area contributed by atoms with Crippen molar-refractivity contribution in [3.05, 3.63) is 106 Å². The zero-order valence-electron chi connectivity index (χ0n) is 19.6. The molecule has 3 N–H and O–H groups in total. The average Bonchev–Trinajstić information content (AvgIpc) is 2.87. The predicted molar refractivity (Wildman–Crippen MR) is 144 cm³/mol. The van der Waals surface area contributed by atoms with Crippen LogP contribution < -0.4 is 16.0 Å². The van der Waals surface area contributed by atoms with Crippen molar-refractivity contribution in [1.29, 1.82) is 0 Å². The number of nitrogens with zero attached hydrogens (tertiary/aromatic N) is 1. The summed E-state index contributed by atoms with van der Waals surface area (Å²) in [4.78, 5) is 41.5. The summed E-state index contributed by atoms with van der Waals surface area (Å²) in [5.41, 5.74) is 2.63. The highest BCUT2D eigenvalue weighted by Crippen LogP contribution is 2.18. The maximum Gasteiger partial charge on any atom is 0.257 e. The molecule has 3 amide bonds. The highest BCUT2D eigenvalue weighted by atomic mass is 79.9. The predicted octanol–water partition coefficient (Wildman–Crippen LogP) is 5.07. The highest BCUT2D eigenvalue weighted by Gasteiger charge is 2.14. The summed E-state index contributed by atoms with van der Waals surface area (Å²) in [5, 5.41) is 10.3. The fourth-order valence-corrected chi connectivity index (χ4v) is 4.16. The van der Waals surface area contributed by atoms with Gasteiger partial charge in [-0.05, 0) is 69.9 Å². The van der Waals surface area contributed by atoms with Crippen LogP contribution in [0.2, 0.25) is 0 Å². The van der Waals surface area contributed by atoms with E-state index >= 15 is 0 Å². The highest BCUT2D eigenvalue weighted by molar-refractivity contribution is 9.10. The van der Waals surface area contributed by atoms with E-state index in [0.717, 1.165) is 20.8 Å². The molecule has 0 aliphatic rings. The van der Waals surface area contributed by atoms with Crippen LogP contribution in [0.4, 0.5) is 5.69 Å². The van der Waals surface area contributed by atoms with E-state index in [1.807, 2.05) is 48.5 Å². The maximum absolute atomic E-state index is 12.7. The first-order valence-corrected chi connectivity index (χ1v) is 12.3. The van der Waals surface area contributed by atoms with E-state index in [0.29, 0.717) is 23.2 Å². The number of nitrogens with one attached hydrogen (secondary N) is 3. The van der Waals surface area contributed by atoms with Gasteiger partial charge in [-0.2, -0.15) is 0 Å². The summed E-state index contributed by atoms with van der Waals surface area (Å²) >= 11 is 3.30. The van der Waals surface area contributed by atoms with Crippen LogP contribution >= 0.6 is 15.9 Å². The molecule has 0 aliphatic heterocycles. The fraction of sp³-hybridized carbons (Fsp3) is 0.143. The molecule has 7 nitrogen and oxygen atoms in total. The summed E-state index contributed by atoms with van der Waals surface area (Å²) in [6, 6.07) is 22.3. The Hall–Kier alpha value is -4.04. The molecule has 0 aliphatic carbocycles. The molecule has 0 saturated heterocycles. The first kappa shape index (κ1) is 25.1. The second-order valence-corrected chi connectivity index (χ2v) is 9.25. The van der Waals surface area contributed by atoms with Crippen LogP contribution in [0.25, 0.3) is 10.8 Å². The van der Waals surface area contributed by atoms with Crippen molar-refractivity contribution >= 4 is 50.1 Å². The first-order valence-electron chi connectivity index (χ1n) is 11.5. The number of fused-ring (bicyclic) bond motifs is 1. The van der Waals surface area contributed by atoms with Crippen molar-refractivity contribution < 1.29 is 14.4 Å². The second-order valence-electron chi connectivity index (χ2n) is 8.33. The Morgan fingerprint density at radius 1 is 0.889 bits per heavy atom. The second kappa shape index (κ2) is 11.6. The van der Waals surface area contributed by atoms with E-state index in [1.54, 1.807) is 37.4 Å². The van der Waals surface area contributed by atoms with Crippen LogP contribution in [0, 0.1) is 0 Å². The van der Waals surface area contributed by atoms with Gasteiger partial charge in [0.2, 0.25) is 5.91 Å². The number of carbonyl (C=O) groups is 3. The Morgan fingerprint density at radius 2 is 1.64 bits per heavy atom. The quantitative estimate of drug-likeness (QED) is 0.269. The van der Waals surface area contributed by atoms with Crippen molar-refractivity contribution in [2.75, 3.05) is 5.32 Å². The minimum absolute atomic E-state index is 0.166. The van der Waals surface area contributed by atoms with Gasteiger partial charge in [0.05, 0.1) is 11.7 Å². The molecule has 0 spiro atoms. The summed E-state index contributed by atoms with van der Waals surface area (Å²) < 4.78 is 0.728. The Bertz CT molecular complexity index is 1400. The molecule has 182 valence electrons. The molecule has 0 fully saturated rings. The molecule has 1 heterocycles. The topological polar surface area (TPSA) is 100 Å². The number of aromatic nitrogens is 1. The molecule has 1 unspecified atom stereocenters. The number of halogens is 1. The van der Waals surface area contributed by atoms with Gasteiger partial charge in [0, 0.05) is 34.5 Å². The number of pyridine rings is 1. The third-order valence-corrected chi connectivity index (χ3v) is 6.01. The van der Waals surface area contributed by atoms with Crippen LogP contribution in [0.15, 0.2) is 89.7 Å². The lowest BCUT2D eigenvalue weighted by Gasteiger charge is -2.16. The van der Waals surface area contributed by atoms with Crippen LogP contribution in [-0.2, 0) is 11.2 Å². The number of benzene rings is 3. The molecule has 4 rings (SSSR count). The molecule has 8 heteroatoms. The molecule has 0 bridgehead atoms. The third kappa shape index (κ3) is 6.55. The van der Waals surface area contributed by atoms with Gasteiger partial charge < -0.3 is 16.0 Å². The van der Waals surface area contributed by atoms with Crippen molar-refractivity contribution in [2.24, 2.45) is 0 Å². The Kier molecular flexibility index (Phi) is 8.07. The minimum Gasteiger partial charge on any atom is -0.336 e. The lowest BCUT2D eigenvalue weighted by molar-refractivity contribution is -0.121. The lowest BCUT2D eigenvalue weighted by Crippen LogP contribution is -2.46. The molecular formula is C28H25BrN4O3. The van der Waals surface area contributed by atoms with Gasteiger partial charge in [-0.3, -0.25) is 19.4 Å². The molecule has 4 aromatic rings. The van der Waals surface area contributed by atoms with Crippen molar-refractivity contribution in [1.82, 2.24) is 15.6 Å². The Labute approximate surface area is 217 Å². The molecular weight excluding hydrogens is 520 g/mol. The summed E-state index contributed by atoms with van der Waals surface area (Å²) in [5.74, 6) is -0.661. The van der Waals surface area contributed by atoms with E-state index in [4.69, 9.17) is 0 Å². The maximum atomic E-state index is 12.7. The van der Waals surface area contributed by atoms with E-state index in [9.17, 15) is 14.4 Å². The van der Waals surface area contributed by atoms with Gasteiger partial charge in [-0.15, -0.1) is 0 Å². The number of hydrogen-bond acceptors (Lipinski definition) is 4. The molecule has 1 aromatic heterocycles. The van der Waals surface area contributed by atoms with E-state index < -0.39 is 6.17 Å². The van der Waals surface area contributed by atoms with Crippen molar-refractivity contribution in [3.8, 4) is 0 Å². The lowest BCUT2D eigenvalue weighted by atomic mass is 10.0. The SMILES string of the molecule is CC(NC(=O)CCc1ccc(NC(=O)c2cncc(Br)c2)cc1)NC(=O)c1cccc2ccccc12. The minimum atomic E-state index is -0.519. The number of rotatable bonds is 8. The number of anilines is 1. The van der Waals surface area contributed by atoms with Crippen LogP contribution in [0.3, 0.4) is 0 Å². The van der Waals surface area contributed by atoms with Gasteiger partial charge in [0.1, 0.15) is 0 Å². The smallest absolute Gasteiger partial charge is 0.257 e. The number of hydrogen-bond donors (Lipinski definition) is 3. The van der Waals surface area contributed by atoms with E-state index in [2.05, 4.69) is 36.9 Å². The normalized spacial score (nSPS) is 11.5. The van der Waals surface area contributed by atoms with Crippen molar-refractivity contribution in [3.63, 3.8) is 0 Å².